The van der Waals surface area contributed by atoms with E-state index in [-0.39, 0.29) is 12.5 Å². The van der Waals surface area contributed by atoms with Crippen LogP contribution in [0.2, 0.25) is 0 Å². The van der Waals surface area contributed by atoms with Gasteiger partial charge in [0.1, 0.15) is 0 Å². The summed E-state index contributed by atoms with van der Waals surface area (Å²) in [6, 6.07) is 0.161. The van der Waals surface area contributed by atoms with Gasteiger partial charge in [-0.1, -0.05) is 13.3 Å². The third kappa shape index (κ3) is 5.00. The van der Waals surface area contributed by atoms with E-state index in [0.29, 0.717) is 24.9 Å². The number of carbonyl (C=O) groups is 2. The van der Waals surface area contributed by atoms with E-state index in [4.69, 9.17) is 5.11 Å². The number of amides is 2. The number of hydrogen-bond donors (Lipinski definition) is 3. The van der Waals surface area contributed by atoms with Crippen LogP contribution in [-0.4, -0.2) is 29.7 Å². The Bertz CT molecular complexity index is 256. The van der Waals surface area contributed by atoms with Gasteiger partial charge in [0.2, 0.25) is 0 Å². The average Bonchev–Trinajstić information content (AvgIpc) is 2.91. The zero-order valence-corrected chi connectivity index (χ0v) is 9.66. The first-order chi connectivity index (χ1) is 7.63. The molecular formula is C11H20N2O3. The van der Waals surface area contributed by atoms with Gasteiger partial charge in [-0.15, -0.1) is 0 Å². The van der Waals surface area contributed by atoms with Crippen molar-refractivity contribution in [2.45, 2.75) is 45.1 Å². The van der Waals surface area contributed by atoms with Crippen molar-refractivity contribution >= 4 is 12.0 Å². The zero-order chi connectivity index (χ0) is 12.0. The normalized spacial score (nSPS) is 22.6. The first kappa shape index (κ1) is 12.8. The van der Waals surface area contributed by atoms with Crippen molar-refractivity contribution in [3.63, 3.8) is 0 Å². The van der Waals surface area contributed by atoms with Crippen LogP contribution in [0, 0.1) is 5.92 Å². The number of nitrogens with one attached hydrogen (secondary N) is 2. The molecule has 0 aromatic heterocycles. The number of rotatable bonds is 7. The highest BCUT2D eigenvalue weighted by Crippen LogP contribution is 2.34. The van der Waals surface area contributed by atoms with Gasteiger partial charge in [0.15, 0.2) is 0 Å². The number of urea groups is 1. The minimum Gasteiger partial charge on any atom is -0.481 e. The summed E-state index contributed by atoms with van der Waals surface area (Å²) in [7, 11) is 0. The molecule has 0 unspecified atom stereocenters. The Morgan fingerprint density at radius 2 is 2.19 bits per heavy atom. The van der Waals surface area contributed by atoms with Crippen LogP contribution < -0.4 is 10.6 Å². The largest absolute Gasteiger partial charge is 0.481 e. The predicted molar refractivity (Wildman–Crippen MR) is 60.2 cm³/mol. The van der Waals surface area contributed by atoms with E-state index in [0.717, 1.165) is 12.8 Å². The topological polar surface area (TPSA) is 78.4 Å². The summed E-state index contributed by atoms with van der Waals surface area (Å²) in [5.74, 6) is -0.179. The lowest BCUT2D eigenvalue weighted by Gasteiger charge is -2.06. The number of carbonyl (C=O) groups excluding carboxylic acids is 1. The summed E-state index contributed by atoms with van der Waals surface area (Å²) in [5, 5.41) is 13.9. The number of carboxylic acid groups (broad SMARTS) is 1. The zero-order valence-electron chi connectivity index (χ0n) is 9.66. The summed E-state index contributed by atoms with van der Waals surface area (Å²) < 4.78 is 0. The summed E-state index contributed by atoms with van der Waals surface area (Å²) in [5.41, 5.74) is 0. The van der Waals surface area contributed by atoms with Crippen LogP contribution in [0.25, 0.3) is 0 Å². The fourth-order valence-corrected chi connectivity index (χ4v) is 1.78. The van der Waals surface area contributed by atoms with Crippen molar-refractivity contribution in [3.8, 4) is 0 Å². The quantitative estimate of drug-likeness (QED) is 0.575. The monoisotopic (exact) mass is 228 g/mol. The fraction of sp³-hybridized carbons (Fsp3) is 0.818. The average molecular weight is 228 g/mol. The van der Waals surface area contributed by atoms with E-state index < -0.39 is 5.97 Å². The number of aliphatic carboxylic acids is 1. The summed E-state index contributed by atoms with van der Waals surface area (Å²) in [4.78, 5) is 21.5. The molecule has 1 fully saturated rings. The highest BCUT2D eigenvalue weighted by atomic mass is 16.4. The molecule has 2 amide bonds. The Morgan fingerprint density at radius 1 is 1.44 bits per heavy atom. The molecule has 1 aliphatic carbocycles. The van der Waals surface area contributed by atoms with E-state index in [1.54, 1.807) is 0 Å². The van der Waals surface area contributed by atoms with Gasteiger partial charge in [0.25, 0.3) is 0 Å². The Balaban J connectivity index is 1.98. The molecule has 0 aliphatic heterocycles. The second kappa shape index (κ2) is 6.35. The molecule has 16 heavy (non-hydrogen) atoms. The van der Waals surface area contributed by atoms with Crippen molar-refractivity contribution in [2.75, 3.05) is 6.54 Å². The Kier molecular flexibility index (Phi) is 5.08. The van der Waals surface area contributed by atoms with E-state index >= 15 is 0 Å². The van der Waals surface area contributed by atoms with Gasteiger partial charge in [-0.05, 0) is 25.2 Å². The van der Waals surface area contributed by atoms with Gasteiger partial charge in [0, 0.05) is 19.0 Å². The fourth-order valence-electron chi connectivity index (χ4n) is 1.78. The third-order valence-electron chi connectivity index (χ3n) is 2.75. The van der Waals surface area contributed by atoms with Crippen LogP contribution >= 0.6 is 0 Å². The van der Waals surface area contributed by atoms with Gasteiger partial charge in [-0.3, -0.25) is 4.79 Å². The molecule has 5 nitrogen and oxygen atoms in total. The molecule has 2 atom stereocenters. The van der Waals surface area contributed by atoms with Crippen molar-refractivity contribution in [2.24, 2.45) is 5.92 Å². The van der Waals surface area contributed by atoms with Crippen LogP contribution in [0.15, 0.2) is 0 Å². The lowest BCUT2D eigenvalue weighted by Crippen LogP contribution is -2.38. The molecule has 0 bridgehead atoms. The van der Waals surface area contributed by atoms with Gasteiger partial charge in [0.05, 0.1) is 0 Å². The molecule has 0 spiro atoms. The van der Waals surface area contributed by atoms with Crippen LogP contribution in [-0.2, 0) is 4.79 Å². The van der Waals surface area contributed by atoms with Crippen LogP contribution in [0.5, 0.6) is 0 Å². The second-order valence-corrected chi connectivity index (χ2v) is 4.29. The molecule has 92 valence electrons. The highest BCUT2D eigenvalue weighted by Gasteiger charge is 2.36. The van der Waals surface area contributed by atoms with Crippen molar-refractivity contribution < 1.29 is 14.7 Å². The molecule has 0 aromatic carbocycles. The van der Waals surface area contributed by atoms with Gasteiger partial charge in [-0.2, -0.15) is 0 Å². The minimum atomic E-state index is -0.826. The lowest BCUT2D eigenvalue weighted by atomic mass is 10.2. The Labute approximate surface area is 95.6 Å². The minimum absolute atomic E-state index is 0.0994. The van der Waals surface area contributed by atoms with E-state index in [1.807, 2.05) is 0 Å². The van der Waals surface area contributed by atoms with E-state index in [2.05, 4.69) is 17.6 Å². The SMILES string of the molecule is CCC[C@@H]1C[C@H]1NC(=O)NCCCC(=O)O. The molecular weight excluding hydrogens is 208 g/mol. The first-order valence-electron chi connectivity index (χ1n) is 5.89. The van der Waals surface area contributed by atoms with Crippen molar-refractivity contribution in [1.29, 1.82) is 0 Å². The second-order valence-electron chi connectivity index (χ2n) is 4.29. The van der Waals surface area contributed by atoms with Crippen LogP contribution in [0.4, 0.5) is 4.79 Å². The van der Waals surface area contributed by atoms with Crippen molar-refractivity contribution in [1.82, 2.24) is 10.6 Å². The Morgan fingerprint density at radius 3 is 2.81 bits per heavy atom. The maximum absolute atomic E-state index is 11.3. The molecule has 0 radical (unpaired) electrons. The molecule has 0 saturated heterocycles. The summed E-state index contributed by atoms with van der Waals surface area (Å²) in [6.07, 6.45) is 3.98. The molecule has 0 heterocycles. The molecule has 5 heteroatoms. The maximum atomic E-state index is 11.3. The van der Waals surface area contributed by atoms with Crippen molar-refractivity contribution in [3.05, 3.63) is 0 Å². The molecule has 1 saturated carbocycles. The number of hydrogen-bond acceptors (Lipinski definition) is 2. The molecule has 3 N–H and O–H groups in total. The van der Waals surface area contributed by atoms with Crippen LogP contribution in [0.3, 0.4) is 0 Å². The van der Waals surface area contributed by atoms with E-state index in [1.165, 1.54) is 6.42 Å². The highest BCUT2D eigenvalue weighted by molar-refractivity contribution is 5.74. The Hall–Kier alpha value is -1.26. The standard InChI is InChI=1S/C11H20N2O3/c1-2-4-8-7-9(8)13-11(16)12-6-3-5-10(14)15/h8-9H,2-7H2,1H3,(H,14,15)(H2,12,13,16)/t8-,9-/m1/s1. The van der Waals surface area contributed by atoms with E-state index in [9.17, 15) is 9.59 Å². The van der Waals surface area contributed by atoms with Gasteiger partial charge < -0.3 is 15.7 Å². The summed E-state index contributed by atoms with van der Waals surface area (Å²) >= 11 is 0. The number of carboxylic acids is 1. The van der Waals surface area contributed by atoms with Gasteiger partial charge in [-0.25, -0.2) is 4.79 Å². The maximum Gasteiger partial charge on any atom is 0.315 e. The molecule has 1 rings (SSSR count). The first-order valence-corrected chi connectivity index (χ1v) is 5.89. The van der Waals surface area contributed by atoms with Crippen LogP contribution in [0.1, 0.15) is 39.0 Å². The third-order valence-corrected chi connectivity index (χ3v) is 2.75. The smallest absolute Gasteiger partial charge is 0.315 e. The molecule has 1 aliphatic rings. The molecule has 0 aromatic rings. The lowest BCUT2D eigenvalue weighted by molar-refractivity contribution is -0.137. The predicted octanol–water partition coefficient (Wildman–Crippen LogP) is 1.34. The van der Waals surface area contributed by atoms with Gasteiger partial charge >= 0.3 is 12.0 Å². The summed E-state index contributed by atoms with van der Waals surface area (Å²) in [6.45, 7) is 2.56.